The third-order valence-corrected chi connectivity index (χ3v) is 2.57. The van der Waals surface area contributed by atoms with E-state index in [1.54, 1.807) is 7.11 Å². The second kappa shape index (κ2) is 2.96. The molecular weight excluding hydrogens is 186 g/mol. The maximum absolute atomic E-state index is 11.2. The van der Waals surface area contributed by atoms with Crippen molar-refractivity contribution in [3.8, 4) is 5.75 Å². The van der Waals surface area contributed by atoms with E-state index in [1.807, 2.05) is 18.2 Å². The molecule has 0 fully saturated rings. The summed E-state index contributed by atoms with van der Waals surface area (Å²) in [5.41, 5.74) is 1.71. The van der Waals surface area contributed by atoms with Gasteiger partial charge in [-0.25, -0.2) is 0 Å². The Morgan fingerprint density at radius 1 is 1.54 bits per heavy atom. The summed E-state index contributed by atoms with van der Waals surface area (Å²) in [6.45, 7) is 0. The van der Waals surface area contributed by atoms with Gasteiger partial charge in [-0.1, -0.05) is 0 Å². The number of nitrogens with one attached hydrogen (secondary N) is 1. The molecule has 0 radical (unpaired) electrons. The highest BCUT2D eigenvalue weighted by atomic mass is 32.1. The van der Waals surface area contributed by atoms with E-state index in [9.17, 15) is 4.79 Å². The van der Waals surface area contributed by atoms with Gasteiger partial charge >= 0.3 is 0 Å². The second-order valence-electron chi connectivity index (χ2n) is 2.84. The lowest BCUT2D eigenvalue weighted by atomic mass is 10.1. The molecule has 1 aromatic carbocycles. The predicted octanol–water partition coefficient (Wildman–Crippen LogP) is 1.62. The molecule has 1 unspecified atom stereocenters. The zero-order chi connectivity index (χ0) is 9.42. The summed E-state index contributed by atoms with van der Waals surface area (Å²) in [5, 5.41) is 2.36. The molecule has 4 heteroatoms. The first kappa shape index (κ1) is 8.44. The van der Waals surface area contributed by atoms with Gasteiger partial charge in [0.15, 0.2) is 0 Å². The molecule has 0 saturated carbocycles. The van der Waals surface area contributed by atoms with Crippen molar-refractivity contribution < 1.29 is 9.53 Å². The Morgan fingerprint density at radius 2 is 2.31 bits per heavy atom. The quantitative estimate of drug-likeness (QED) is 0.668. The molecule has 3 nitrogen and oxygen atoms in total. The first-order chi connectivity index (χ1) is 6.22. The fraction of sp³-hybridized carbons (Fsp3) is 0.222. The Labute approximate surface area is 81.5 Å². The number of fused-ring (bicyclic) bond motifs is 1. The molecule has 0 aromatic heterocycles. The van der Waals surface area contributed by atoms with Crippen LogP contribution in [0.2, 0.25) is 0 Å². The Kier molecular flexibility index (Phi) is 1.92. The van der Waals surface area contributed by atoms with Crippen molar-refractivity contribution in [2.75, 3.05) is 12.4 Å². The minimum absolute atomic E-state index is 0.0772. The van der Waals surface area contributed by atoms with Gasteiger partial charge in [-0.2, -0.15) is 12.6 Å². The van der Waals surface area contributed by atoms with Crippen molar-refractivity contribution in [2.45, 2.75) is 5.25 Å². The normalized spacial score (nSPS) is 19.5. The number of amides is 1. The SMILES string of the molecule is COc1ccc2c(c1)C(S)C(=O)N2. The summed E-state index contributed by atoms with van der Waals surface area (Å²) < 4.78 is 5.05. The van der Waals surface area contributed by atoms with E-state index in [1.165, 1.54) is 0 Å². The predicted molar refractivity (Wildman–Crippen MR) is 53.4 cm³/mol. The van der Waals surface area contributed by atoms with Crippen LogP contribution >= 0.6 is 12.6 Å². The standard InChI is InChI=1S/C9H9NO2S/c1-12-5-2-3-7-6(4-5)8(13)9(11)10-7/h2-4,8,13H,1H3,(H,10,11). The number of rotatable bonds is 1. The topological polar surface area (TPSA) is 38.3 Å². The second-order valence-corrected chi connectivity index (χ2v) is 3.36. The number of carbonyl (C=O) groups is 1. The van der Waals surface area contributed by atoms with Crippen LogP contribution in [-0.4, -0.2) is 13.0 Å². The monoisotopic (exact) mass is 195 g/mol. The number of benzene rings is 1. The van der Waals surface area contributed by atoms with Gasteiger partial charge in [0.25, 0.3) is 0 Å². The summed E-state index contributed by atoms with van der Waals surface area (Å²) in [7, 11) is 1.60. The van der Waals surface area contributed by atoms with Gasteiger partial charge in [-0.15, -0.1) is 0 Å². The van der Waals surface area contributed by atoms with E-state index >= 15 is 0 Å². The third-order valence-electron chi connectivity index (χ3n) is 2.06. The van der Waals surface area contributed by atoms with E-state index in [0.29, 0.717) is 0 Å². The highest BCUT2D eigenvalue weighted by Gasteiger charge is 2.27. The molecule has 0 aliphatic carbocycles. The van der Waals surface area contributed by atoms with Crippen LogP contribution < -0.4 is 10.1 Å². The first-order valence-corrected chi connectivity index (χ1v) is 4.41. The highest BCUT2D eigenvalue weighted by molar-refractivity contribution is 7.81. The van der Waals surface area contributed by atoms with Gasteiger partial charge in [0.05, 0.1) is 7.11 Å². The van der Waals surface area contributed by atoms with Crippen LogP contribution in [0.4, 0.5) is 5.69 Å². The highest BCUT2D eigenvalue weighted by Crippen LogP contribution is 2.36. The number of hydrogen-bond donors (Lipinski definition) is 2. The third kappa shape index (κ3) is 1.27. The number of thiol groups is 1. The van der Waals surface area contributed by atoms with Crippen LogP contribution in [0.3, 0.4) is 0 Å². The molecule has 1 N–H and O–H groups in total. The average Bonchev–Trinajstić information content (AvgIpc) is 2.43. The van der Waals surface area contributed by atoms with E-state index in [0.717, 1.165) is 17.0 Å². The summed E-state index contributed by atoms with van der Waals surface area (Å²) in [4.78, 5) is 11.2. The minimum atomic E-state index is -0.370. The molecular formula is C9H9NO2S. The summed E-state index contributed by atoms with van der Waals surface area (Å²) in [6.07, 6.45) is 0. The Bertz CT molecular complexity index is 365. The lowest BCUT2D eigenvalue weighted by Crippen LogP contribution is -2.06. The molecule has 1 aromatic rings. The molecule has 1 aliphatic rings. The molecule has 0 bridgehead atoms. The van der Waals surface area contributed by atoms with Crippen molar-refractivity contribution in [2.24, 2.45) is 0 Å². The molecule has 0 saturated heterocycles. The summed E-state index contributed by atoms with van der Waals surface area (Å²) >= 11 is 4.19. The Hall–Kier alpha value is -1.16. The Morgan fingerprint density at radius 3 is 3.00 bits per heavy atom. The molecule has 1 amide bonds. The number of methoxy groups -OCH3 is 1. The Balaban J connectivity index is 2.47. The maximum Gasteiger partial charge on any atom is 0.241 e. The maximum atomic E-state index is 11.2. The molecule has 1 heterocycles. The van der Waals surface area contributed by atoms with Gasteiger partial charge in [-0.05, 0) is 18.2 Å². The summed E-state index contributed by atoms with van der Waals surface area (Å²) in [6, 6.07) is 5.46. The van der Waals surface area contributed by atoms with E-state index in [2.05, 4.69) is 17.9 Å². The average molecular weight is 195 g/mol. The van der Waals surface area contributed by atoms with Crippen LogP contribution in [0.5, 0.6) is 5.75 Å². The van der Waals surface area contributed by atoms with E-state index < -0.39 is 0 Å². The van der Waals surface area contributed by atoms with E-state index in [4.69, 9.17) is 4.74 Å². The van der Waals surface area contributed by atoms with Crippen LogP contribution in [0.1, 0.15) is 10.8 Å². The van der Waals surface area contributed by atoms with Crippen LogP contribution in [0.15, 0.2) is 18.2 Å². The van der Waals surface area contributed by atoms with Crippen LogP contribution in [0.25, 0.3) is 0 Å². The van der Waals surface area contributed by atoms with Crippen molar-refractivity contribution in [3.05, 3.63) is 23.8 Å². The molecule has 68 valence electrons. The summed E-state index contributed by atoms with van der Waals surface area (Å²) in [5.74, 6) is 0.667. The lowest BCUT2D eigenvalue weighted by molar-refractivity contribution is -0.115. The molecule has 13 heavy (non-hydrogen) atoms. The van der Waals surface area contributed by atoms with Crippen molar-refractivity contribution in [1.82, 2.24) is 0 Å². The van der Waals surface area contributed by atoms with Crippen molar-refractivity contribution >= 4 is 24.2 Å². The van der Waals surface area contributed by atoms with Gasteiger partial charge in [0.1, 0.15) is 11.0 Å². The lowest BCUT2D eigenvalue weighted by Gasteiger charge is -2.03. The van der Waals surface area contributed by atoms with Gasteiger partial charge in [0.2, 0.25) is 5.91 Å². The zero-order valence-electron chi connectivity index (χ0n) is 7.07. The van der Waals surface area contributed by atoms with Gasteiger partial charge < -0.3 is 10.1 Å². The zero-order valence-corrected chi connectivity index (χ0v) is 7.97. The van der Waals surface area contributed by atoms with Gasteiger partial charge in [-0.3, -0.25) is 4.79 Å². The number of ether oxygens (including phenoxy) is 1. The van der Waals surface area contributed by atoms with Crippen molar-refractivity contribution in [3.63, 3.8) is 0 Å². The largest absolute Gasteiger partial charge is 0.497 e. The molecule has 1 atom stereocenters. The van der Waals surface area contributed by atoms with Crippen molar-refractivity contribution in [1.29, 1.82) is 0 Å². The van der Waals surface area contributed by atoms with Crippen LogP contribution in [-0.2, 0) is 4.79 Å². The van der Waals surface area contributed by atoms with Crippen LogP contribution in [0, 0.1) is 0 Å². The van der Waals surface area contributed by atoms with E-state index in [-0.39, 0.29) is 11.2 Å². The van der Waals surface area contributed by atoms with Gasteiger partial charge in [0, 0.05) is 11.3 Å². The fourth-order valence-corrected chi connectivity index (χ4v) is 1.63. The number of anilines is 1. The molecule has 2 rings (SSSR count). The fourth-order valence-electron chi connectivity index (χ4n) is 1.35. The minimum Gasteiger partial charge on any atom is -0.497 e. The first-order valence-electron chi connectivity index (χ1n) is 3.89. The number of carbonyl (C=O) groups excluding carboxylic acids is 1. The number of hydrogen-bond acceptors (Lipinski definition) is 3. The smallest absolute Gasteiger partial charge is 0.241 e. The molecule has 1 aliphatic heterocycles. The molecule has 0 spiro atoms.